The molecule has 170 valence electrons. The highest BCUT2D eigenvalue weighted by molar-refractivity contribution is 5.66. The van der Waals surface area contributed by atoms with Crippen LogP contribution in [0.4, 0.5) is 10.1 Å². The van der Waals surface area contributed by atoms with E-state index in [4.69, 9.17) is 14.2 Å². The van der Waals surface area contributed by atoms with Gasteiger partial charge in [-0.1, -0.05) is 30.3 Å². The predicted molar refractivity (Wildman–Crippen MR) is 123 cm³/mol. The van der Waals surface area contributed by atoms with Crippen LogP contribution < -0.4 is 30.0 Å². The molecule has 0 aromatic heterocycles. The number of benzene rings is 3. The maximum Gasteiger partial charge on any atom is 0.163 e. The van der Waals surface area contributed by atoms with Gasteiger partial charge in [0.15, 0.2) is 11.5 Å². The van der Waals surface area contributed by atoms with Gasteiger partial charge in [-0.3, -0.25) is 0 Å². The zero-order chi connectivity index (χ0) is 22.4. The highest BCUT2D eigenvalue weighted by atomic mass is 19.1. The maximum atomic E-state index is 13.6. The minimum atomic E-state index is -0.225. The average Bonchev–Trinajstić information content (AvgIpc) is 3.28. The Bertz CT molecular complexity index is 1170. The summed E-state index contributed by atoms with van der Waals surface area (Å²) in [6.07, 6.45) is 0. The summed E-state index contributed by atoms with van der Waals surface area (Å²) < 4.78 is 31.0. The molecule has 6 rings (SSSR count). The van der Waals surface area contributed by atoms with E-state index in [1.165, 1.54) is 17.7 Å². The van der Waals surface area contributed by atoms with Crippen molar-refractivity contribution in [3.05, 3.63) is 83.2 Å². The number of nitrogens with one attached hydrogen (secondary N) is 2. The van der Waals surface area contributed by atoms with Crippen LogP contribution in [0.5, 0.6) is 17.2 Å². The molecule has 2 N–H and O–H groups in total. The first-order chi connectivity index (χ1) is 16.2. The Kier molecular flexibility index (Phi) is 5.08. The third-order valence-corrected chi connectivity index (χ3v) is 6.83. The van der Waals surface area contributed by atoms with Crippen molar-refractivity contribution in [1.29, 1.82) is 0 Å². The van der Waals surface area contributed by atoms with Crippen molar-refractivity contribution in [3.8, 4) is 17.2 Å². The molecule has 3 unspecified atom stereocenters. The van der Waals surface area contributed by atoms with Crippen LogP contribution in [0, 0.1) is 11.7 Å². The topological polar surface area (TPSA) is 55.0 Å². The SMILES string of the molecule is COc1ccccc1CN1CC2C(c3ccc(F)cc3)NNC2c2cc3c(cc21)OCCO3. The number of hydrogen-bond donors (Lipinski definition) is 2. The van der Waals surface area contributed by atoms with Gasteiger partial charge in [-0.15, -0.1) is 0 Å². The summed E-state index contributed by atoms with van der Waals surface area (Å²) in [5.74, 6) is 2.45. The number of anilines is 1. The quantitative estimate of drug-likeness (QED) is 0.627. The van der Waals surface area contributed by atoms with Gasteiger partial charge >= 0.3 is 0 Å². The Morgan fingerprint density at radius 1 is 0.970 bits per heavy atom. The molecule has 0 aliphatic carbocycles. The molecule has 3 heterocycles. The van der Waals surface area contributed by atoms with E-state index in [1.807, 2.05) is 30.3 Å². The highest BCUT2D eigenvalue weighted by Crippen LogP contribution is 2.49. The van der Waals surface area contributed by atoms with E-state index in [0.717, 1.165) is 40.6 Å². The van der Waals surface area contributed by atoms with Gasteiger partial charge in [-0.2, -0.15) is 0 Å². The minimum absolute atomic E-state index is 0.0529. The molecule has 0 spiro atoms. The standard InChI is InChI=1S/C26H26FN3O3/c1-31-22-5-3-2-4-17(22)14-30-15-20-25(16-6-8-18(27)9-7-16)28-29-26(20)19-12-23-24(13-21(19)30)33-11-10-32-23/h2-9,12-13,20,25-26,28-29H,10-11,14-15H2,1H3. The zero-order valence-electron chi connectivity index (χ0n) is 18.4. The van der Waals surface area contributed by atoms with Gasteiger partial charge in [0, 0.05) is 36.3 Å². The lowest BCUT2D eigenvalue weighted by Gasteiger charge is -2.40. The minimum Gasteiger partial charge on any atom is -0.496 e. The van der Waals surface area contributed by atoms with E-state index in [0.29, 0.717) is 19.8 Å². The summed E-state index contributed by atoms with van der Waals surface area (Å²) in [6, 6.07) is 19.2. The summed E-state index contributed by atoms with van der Waals surface area (Å²) >= 11 is 0. The van der Waals surface area contributed by atoms with E-state index in [-0.39, 0.29) is 23.8 Å². The molecule has 3 aliphatic heterocycles. The smallest absolute Gasteiger partial charge is 0.163 e. The van der Waals surface area contributed by atoms with Crippen LogP contribution in [0.3, 0.4) is 0 Å². The molecular formula is C26H26FN3O3. The number of fused-ring (bicyclic) bond motifs is 4. The lowest BCUT2D eigenvalue weighted by Crippen LogP contribution is -2.39. The maximum absolute atomic E-state index is 13.6. The summed E-state index contributed by atoms with van der Waals surface area (Å²) in [5, 5.41) is 0. The van der Waals surface area contributed by atoms with Crippen LogP contribution >= 0.6 is 0 Å². The number of methoxy groups -OCH3 is 1. The lowest BCUT2D eigenvalue weighted by molar-refractivity contribution is 0.171. The Morgan fingerprint density at radius 2 is 1.70 bits per heavy atom. The van der Waals surface area contributed by atoms with E-state index in [2.05, 4.69) is 34.0 Å². The van der Waals surface area contributed by atoms with E-state index < -0.39 is 0 Å². The van der Waals surface area contributed by atoms with E-state index >= 15 is 0 Å². The van der Waals surface area contributed by atoms with Gasteiger partial charge in [0.05, 0.1) is 19.2 Å². The van der Waals surface area contributed by atoms with Gasteiger partial charge < -0.3 is 19.1 Å². The number of halogens is 1. The van der Waals surface area contributed by atoms with Crippen molar-refractivity contribution < 1.29 is 18.6 Å². The van der Waals surface area contributed by atoms with Gasteiger partial charge in [-0.25, -0.2) is 15.2 Å². The lowest BCUT2D eigenvalue weighted by atomic mass is 9.81. The molecule has 6 nitrogen and oxygen atoms in total. The molecule has 3 aromatic carbocycles. The fourth-order valence-electron chi connectivity index (χ4n) is 5.26. The molecule has 0 bridgehead atoms. The fraction of sp³-hybridized carbons (Fsp3) is 0.308. The largest absolute Gasteiger partial charge is 0.496 e. The fourth-order valence-corrected chi connectivity index (χ4v) is 5.26. The number of ether oxygens (including phenoxy) is 3. The average molecular weight is 448 g/mol. The number of rotatable bonds is 4. The molecule has 3 aliphatic rings. The Morgan fingerprint density at radius 3 is 2.48 bits per heavy atom. The summed E-state index contributed by atoms with van der Waals surface area (Å²) in [4.78, 5) is 2.39. The zero-order valence-corrected chi connectivity index (χ0v) is 18.4. The predicted octanol–water partition coefficient (Wildman–Crippen LogP) is 4.13. The first kappa shape index (κ1) is 20.3. The summed E-state index contributed by atoms with van der Waals surface area (Å²) in [5.41, 5.74) is 11.4. The third kappa shape index (κ3) is 3.57. The van der Waals surface area contributed by atoms with E-state index in [9.17, 15) is 4.39 Å². The second kappa shape index (κ2) is 8.24. The van der Waals surface area contributed by atoms with Crippen molar-refractivity contribution in [1.82, 2.24) is 10.9 Å². The molecule has 0 saturated carbocycles. The van der Waals surface area contributed by atoms with Crippen molar-refractivity contribution in [2.75, 3.05) is 31.8 Å². The van der Waals surface area contributed by atoms with Gasteiger partial charge in [-0.05, 0) is 35.4 Å². The van der Waals surface area contributed by atoms with Crippen LogP contribution in [-0.2, 0) is 6.54 Å². The Labute approximate surface area is 192 Å². The Balaban J connectivity index is 1.41. The normalized spacial score (nSPS) is 23.1. The van der Waals surface area contributed by atoms with Gasteiger partial charge in [0.1, 0.15) is 24.8 Å². The molecular weight excluding hydrogens is 421 g/mol. The monoisotopic (exact) mass is 447 g/mol. The second-order valence-corrected chi connectivity index (χ2v) is 8.71. The number of para-hydroxylation sites is 1. The molecule has 3 aromatic rings. The second-order valence-electron chi connectivity index (χ2n) is 8.71. The van der Waals surface area contributed by atoms with Crippen LogP contribution in [0.2, 0.25) is 0 Å². The molecule has 33 heavy (non-hydrogen) atoms. The molecule has 1 saturated heterocycles. The highest BCUT2D eigenvalue weighted by Gasteiger charge is 2.44. The first-order valence-corrected chi connectivity index (χ1v) is 11.3. The van der Waals surface area contributed by atoms with Crippen LogP contribution in [0.25, 0.3) is 0 Å². The van der Waals surface area contributed by atoms with Crippen molar-refractivity contribution >= 4 is 5.69 Å². The van der Waals surface area contributed by atoms with E-state index in [1.54, 1.807) is 7.11 Å². The van der Waals surface area contributed by atoms with Crippen LogP contribution in [-0.4, -0.2) is 26.9 Å². The number of hydrazine groups is 1. The van der Waals surface area contributed by atoms with Crippen LogP contribution in [0.15, 0.2) is 60.7 Å². The van der Waals surface area contributed by atoms with Crippen LogP contribution in [0.1, 0.15) is 28.8 Å². The first-order valence-electron chi connectivity index (χ1n) is 11.3. The Hall–Kier alpha value is -3.29. The number of nitrogens with zero attached hydrogens (tertiary/aromatic N) is 1. The van der Waals surface area contributed by atoms with Crippen molar-refractivity contribution in [2.45, 2.75) is 18.6 Å². The van der Waals surface area contributed by atoms with Crippen molar-refractivity contribution in [2.24, 2.45) is 5.92 Å². The van der Waals surface area contributed by atoms with Gasteiger partial charge in [0.2, 0.25) is 0 Å². The molecule has 3 atom stereocenters. The third-order valence-electron chi connectivity index (χ3n) is 6.83. The van der Waals surface area contributed by atoms with Crippen molar-refractivity contribution in [3.63, 3.8) is 0 Å². The van der Waals surface area contributed by atoms with Gasteiger partial charge in [0.25, 0.3) is 0 Å². The molecule has 1 fully saturated rings. The number of hydrogen-bond acceptors (Lipinski definition) is 6. The molecule has 0 radical (unpaired) electrons. The molecule has 7 heteroatoms. The summed E-state index contributed by atoms with van der Waals surface area (Å²) in [7, 11) is 1.70. The summed E-state index contributed by atoms with van der Waals surface area (Å²) in [6.45, 7) is 2.62. The molecule has 0 amide bonds.